The number of Topliss-reactive ketones (excluding diaryl/α,β-unsaturated/α-hetero) is 1. The van der Waals surface area contributed by atoms with E-state index in [9.17, 15) is 14.4 Å². The summed E-state index contributed by atoms with van der Waals surface area (Å²) in [4.78, 5) is 41.4. The van der Waals surface area contributed by atoms with E-state index in [0.717, 1.165) is 49.7 Å². The Morgan fingerprint density at radius 2 is 1.58 bits per heavy atom. The number of ketones is 1. The van der Waals surface area contributed by atoms with E-state index >= 15 is 0 Å². The van der Waals surface area contributed by atoms with E-state index in [4.69, 9.17) is 0 Å². The SMILES string of the molecule is O=C(CCC(=O)N1CCCCC1C(=O)N1CCCC1)c1ccc(Br)cc1. The zero-order valence-electron chi connectivity index (χ0n) is 15.0. The minimum Gasteiger partial charge on any atom is -0.341 e. The largest absolute Gasteiger partial charge is 0.341 e. The van der Waals surface area contributed by atoms with Gasteiger partial charge in [0.05, 0.1) is 0 Å². The zero-order valence-corrected chi connectivity index (χ0v) is 16.5. The van der Waals surface area contributed by atoms with Gasteiger partial charge in [-0.2, -0.15) is 0 Å². The van der Waals surface area contributed by atoms with Crippen LogP contribution in [0, 0.1) is 0 Å². The number of halogens is 1. The topological polar surface area (TPSA) is 57.7 Å². The van der Waals surface area contributed by atoms with Crippen molar-refractivity contribution in [1.29, 1.82) is 0 Å². The Morgan fingerprint density at radius 1 is 0.923 bits per heavy atom. The first-order valence-electron chi connectivity index (χ1n) is 9.43. The number of piperidine rings is 1. The summed E-state index contributed by atoms with van der Waals surface area (Å²) >= 11 is 3.35. The minimum atomic E-state index is -0.336. The normalized spacial score (nSPS) is 20.3. The lowest BCUT2D eigenvalue weighted by Crippen LogP contribution is -2.52. The van der Waals surface area contributed by atoms with E-state index in [-0.39, 0.29) is 36.5 Å². The maximum Gasteiger partial charge on any atom is 0.245 e. The van der Waals surface area contributed by atoms with E-state index in [1.807, 2.05) is 17.0 Å². The van der Waals surface area contributed by atoms with Crippen molar-refractivity contribution in [2.75, 3.05) is 19.6 Å². The van der Waals surface area contributed by atoms with Crippen LogP contribution in [0.4, 0.5) is 0 Å². The molecule has 3 rings (SSSR count). The molecule has 6 heteroatoms. The molecule has 1 atom stereocenters. The van der Waals surface area contributed by atoms with Gasteiger partial charge in [-0.3, -0.25) is 14.4 Å². The summed E-state index contributed by atoms with van der Waals surface area (Å²) in [7, 11) is 0. The molecule has 2 saturated heterocycles. The molecule has 0 aliphatic carbocycles. The summed E-state index contributed by atoms with van der Waals surface area (Å²) in [5.74, 6) is -0.0206. The molecule has 2 aliphatic rings. The highest BCUT2D eigenvalue weighted by Crippen LogP contribution is 2.22. The number of rotatable bonds is 5. The van der Waals surface area contributed by atoms with Crippen molar-refractivity contribution in [2.45, 2.75) is 51.0 Å². The fourth-order valence-electron chi connectivity index (χ4n) is 3.78. The Hall–Kier alpha value is -1.69. The quantitative estimate of drug-likeness (QED) is 0.685. The second kappa shape index (κ2) is 8.80. The number of carbonyl (C=O) groups is 3. The summed E-state index contributed by atoms with van der Waals surface area (Å²) in [6.07, 6.45) is 5.09. The van der Waals surface area contributed by atoms with Crippen LogP contribution in [0.5, 0.6) is 0 Å². The Kier molecular flexibility index (Phi) is 6.46. The number of hydrogen-bond acceptors (Lipinski definition) is 3. The average Bonchev–Trinajstić information content (AvgIpc) is 3.20. The molecule has 2 fully saturated rings. The van der Waals surface area contributed by atoms with Crippen molar-refractivity contribution in [3.8, 4) is 0 Å². The van der Waals surface area contributed by atoms with Gasteiger partial charge in [0.15, 0.2) is 5.78 Å². The lowest BCUT2D eigenvalue weighted by atomic mass is 9.99. The van der Waals surface area contributed by atoms with Gasteiger partial charge in [0.1, 0.15) is 6.04 Å². The first-order valence-corrected chi connectivity index (χ1v) is 10.2. The maximum absolute atomic E-state index is 12.8. The van der Waals surface area contributed by atoms with Crippen LogP contribution in [-0.4, -0.2) is 53.1 Å². The van der Waals surface area contributed by atoms with E-state index in [0.29, 0.717) is 12.1 Å². The summed E-state index contributed by atoms with van der Waals surface area (Å²) in [6, 6.07) is 6.83. The van der Waals surface area contributed by atoms with Crippen LogP contribution in [0.25, 0.3) is 0 Å². The summed E-state index contributed by atoms with van der Waals surface area (Å²) < 4.78 is 0.918. The average molecular weight is 421 g/mol. The van der Waals surface area contributed by atoms with Gasteiger partial charge in [0, 0.05) is 42.5 Å². The van der Waals surface area contributed by atoms with Gasteiger partial charge in [-0.25, -0.2) is 0 Å². The maximum atomic E-state index is 12.8. The first kappa shape index (κ1) is 19.1. The van der Waals surface area contributed by atoms with Crippen molar-refractivity contribution in [2.24, 2.45) is 0 Å². The molecule has 2 amide bonds. The number of carbonyl (C=O) groups excluding carboxylic acids is 3. The Bertz CT molecular complexity index is 668. The monoisotopic (exact) mass is 420 g/mol. The molecule has 2 aliphatic heterocycles. The molecule has 0 bridgehead atoms. The highest BCUT2D eigenvalue weighted by Gasteiger charge is 2.35. The summed E-state index contributed by atoms with van der Waals surface area (Å²) in [6.45, 7) is 2.23. The number of nitrogens with zero attached hydrogens (tertiary/aromatic N) is 2. The molecule has 1 aromatic carbocycles. The fraction of sp³-hybridized carbons (Fsp3) is 0.550. The van der Waals surface area contributed by atoms with Gasteiger partial charge < -0.3 is 9.80 Å². The number of hydrogen-bond donors (Lipinski definition) is 0. The van der Waals surface area contributed by atoms with Gasteiger partial charge in [0.2, 0.25) is 11.8 Å². The highest BCUT2D eigenvalue weighted by atomic mass is 79.9. The highest BCUT2D eigenvalue weighted by molar-refractivity contribution is 9.10. The molecule has 0 radical (unpaired) electrons. The second-order valence-corrected chi connectivity index (χ2v) is 7.98. The molecule has 0 N–H and O–H groups in total. The van der Waals surface area contributed by atoms with Crippen LogP contribution in [0.2, 0.25) is 0 Å². The second-order valence-electron chi connectivity index (χ2n) is 7.06. The predicted molar refractivity (Wildman–Crippen MR) is 103 cm³/mol. The van der Waals surface area contributed by atoms with Crippen LogP contribution in [0.15, 0.2) is 28.7 Å². The number of likely N-dealkylation sites (tertiary alicyclic amines) is 2. The Balaban J connectivity index is 1.58. The summed E-state index contributed by atoms with van der Waals surface area (Å²) in [5.41, 5.74) is 0.615. The predicted octanol–water partition coefficient (Wildman–Crippen LogP) is 3.42. The molecule has 2 heterocycles. The molecule has 0 saturated carbocycles. The lowest BCUT2D eigenvalue weighted by molar-refractivity contribution is -0.147. The third kappa shape index (κ3) is 4.53. The standard InChI is InChI=1S/C20H25BrN2O3/c21-16-8-6-15(7-9-16)18(24)10-11-19(25)23-14-2-1-5-17(23)20(26)22-12-3-4-13-22/h6-9,17H,1-5,10-14H2. The molecule has 1 unspecified atom stereocenters. The van der Waals surface area contributed by atoms with Crippen molar-refractivity contribution >= 4 is 33.5 Å². The Morgan fingerprint density at radius 3 is 2.27 bits per heavy atom. The van der Waals surface area contributed by atoms with Crippen molar-refractivity contribution in [3.05, 3.63) is 34.3 Å². The molecular weight excluding hydrogens is 396 g/mol. The summed E-state index contributed by atoms with van der Waals surface area (Å²) in [5, 5.41) is 0. The fourth-order valence-corrected chi connectivity index (χ4v) is 4.04. The number of amides is 2. The molecular formula is C20H25BrN2O3. The van der Waals surface area contributed by atoms with Crippen LogP contribution >= 0.6 is 15.9 Å². The van der Waals surface area contributed by atoms with Gasteiger partial charge in [-0.1, -0.05) is 28.1 Å². The van der Waals surface area contributed by atoms with Crippen molar-refractivity contribution in [3.63, 3.8) is 0 Å². The van der Waals surface area contributed by atoms with Gasteiger partial charge in [0.25, 0.3) is 0 Å². The third-order valence-electron chi connectivity index (χ3n) is 5.26. The van der Waals surface area contributed by atoms with E-state index in [1.165, 1.54) is 0 Å². The Labute approximate surface area is 162 Å². The van der Waals surface area contributed by atoms with Gasteiger partial charge in [-0.15, -0.1) is 0 Å². The van der Waals surface area contributed by atoms with Crippen molar-refractivity contribution < 1.29 is 14.4 Å². The van der Waals surface area contributed by atoms with E-state index in [2.05, 4.69) is 15.9 Å². The van der Waals surface area contributed by atoms with Crippen LogP contribution in [0.1, 0.15) is 55.3 Å². The molecule has 140 valence electrons. The van der Waals surface area contributed by atoms with Crippen LogP contribution in [-0.2, 0) is 9.59 Å². The molecule has 5 nitrogen and oxygen atoms in total. The van der Waals surface area contributed by atoms with E-state index < -0.39 is 0 Å². The van der Waals surface area contributed by atoms with Crippen LogP contribution in [0.3, 0.4) is 0 Å². The molecule has 0 aromatic heterocycles. The minimum absolute atomic E-state index is 0.0368. The number of benzene rings is 1. The third-order valence-corrected chi connectivity index (χ3v) is 5.79. The smallest absolute Gasteiger partial charge is 0.245 e. The van der Waals surface area contributed by atoms with E-state index in [1.54, 1.807) is 17.0 Å². The molecule has 26 heavy (non-hydrogen) atoms. The molecule has 1 aromatic rings. The zero-order chi connectivity index (χ0) is 18.5. The molecule has 0 spiro atoms. The van der Waals surface area contributed by atoms with Crippen LogP contribution < -0.4 is 0 Å². The first-order chi connectivity index (χ1) is 12.6. The van der Waals surface area contributed by atoms with Gasteiger partial charge in [-0.05, 0) is 44.2 Å². The lowest BCUT2D eigenvalue weighted by Gasteiger charge is -2.36. The van der Waals surface area contributed by atoms with Gasteiger partial charge >= 0.3 is 0 Å². The van der Waals surface area contributed by atoms with Crippen molar-refractivity contribution in [1.82, 2.24) is 9.80 Å².